The molecule has 0 aliphatic rings. The van der Waals surface area contributed by atoms with E-state index in [-0.39, 0.29) is 5.41 Å². The van der Waals surface area contributed by atoms with Crippen molar-refractivity contribution in [2.24, 2.45) is 16.3 Å². The highest BCUT2D eigenvalue weighted by Gasteiger charge is 2.23. The molecule has 0 aromatic rings. The van der Waals surface area contributed by atoms with Gasteiger partial charge in [0.1, 0.15) is 5.84 Å². The maximum atomic E-state index is 8.70. The summed E-state index contributed by atoms with van der Waals surface area (Å²) < 4.78 is 0. The topological polar surface area (TPSA) is 61.8 Å². The second-order valence-corrected chi connectivity index (χ2v) is 5.60. The molecule has 0 fully saturated rings. The lowest BCUT2D eigenvalue weighted by molar-refractivity contribution is 0.210. The van der Waals surface area contributed by atoms with Crippen LogP contribution in [0.2, 0.25) is 0 Å². The van der Waals surface area contributed by atoms with Crippen molar-refractivity contribution in [3.63, 3.8) is 0 Å². The van der Waals surface area contributed by atoms with Crippen molar-refractivity contribution in [1.82, 2.24) is 4.90 Å². The van der Waals surface area contributed by atoms with Gasteiger partial charge in [-0.1, -0.05) is 25.9 Å². The van der Waals surface area contributed by atoms with Crippen LogP contribution >= 0.6 is 0 Å². The zero-order valence-electron chi connectivity index (χ0n) is 12.0. The van der Waals surface area contributed by atoms with Crippen LogP contribution in [-0.2, 0) is 0 Å². The van der Waals surface area contributed by atoms with E-state index in [1.807, 2.05) is 13.8 Å². The molecule has 0 heterocycles. The normalized spacial score (nSPS) is 13.7. The highest BCUT2D eigenvalue weighted by Crippen LogP contribution is 2.22. The third-order valence-corrected chi connectivity index (χ3v) is 3.29. The fourth-order valence-corrected chi connectivity index (χ4v) is 1.90. The Labute approximate surface area is 106 Å². The van der Waals surface area contributed by atoms with Gasteiger partial charge < -0.3 is 15.8 Å². The molecular formula is C13H29N3O. The van der Waals surface area contributed by atoms with Crippen molar-refractivity contribution in [3.8, 4) is 0 Å². The van der Waals surface area contributed by atoms with Crippen molar-refractivity contribution in [2.75, 3.05) is 13.1 Å². The Morgan fingerprint density at radius 2 is 1.94 bits per heavy atom. The van der Waals surface area contributed by atoms with Crippen LogP contribution in [0, 0.1) is 5.41 Å². The third kappa shape index (κ3) is 5.91. The molecule has 0 bridgehead atoms. The molecule has 0 aromatic heterocycles. The average Bonchev–Trinajstić information content (AvgIpc) is 2.26. The van der Waals surface area contributed by atoms with Crippen molar-refractivity contribution >= 4 is 5.84 Å². The van der Waals surface area contributed by atoms with Gasteiger partial charge in [-0.25, -0.2) is 0 Å². The molecule has 0 saturated carbocycles. The molecule has 17 heavy (non-hydrogen) atoms. The molecule has 3 N–H and O–H groups in total. The minimum atomic E-state index is -0.219. The van der Waals surface area contributed by atoms with Crippen LogP contribution in [0.5, 0.6) is 0 Å². The smallest absolute Gasteiger partial charge is 0.144 e. The zero-order valence-corrected chi connectivity index (χ0v) is 12.0. The fraction of sp³-hybridized carbons (Fsp3) is 0.923. The van der Waals surface area contributed by atoms with E-state index in [4.69, 9.17) is 10.9 Å². The summed E-state index contributed by atoms with van der Waals surface area (Å²) >= 11 is 0. The van der Waals surface area contributed by atoms with E-state index in [2.05, 4.69) is 30.8 Å². The molecule has 0 rings (SSSR count). The van der Waals surface area contributed by atoms with Crippen LogP contribution < -0.4 is 5.73 Å². The van der Waals surface area contributed by atoms with Crippen molar-refractivity contribution < 1.29 is 5.21 Å². The number of rotatable bonds is 8. The molecule has 0 unspecified atom stereocenters. The zero-order chi connectivity index (χ0) is 13.5. The first-order valence-electron chi connectivity index (χ1n) is 6.57. The third-order valence-electron chi connectivity index (χ3n) is 3.29. The summed E-state index contributed by atoms with van der Waals surface area (Å²) in [5, 5.41) is 11.8. The molecule has 0 saturated heterocycles. The van der Waals surface area contributed by atoms with Gasteiger partial charge in [0.25, 0.3) is 0 Å². The summed E-state index contributed by atoms with van der Waals surface area (Å²) in [5.41, 5.74) is 5.45. The van der Waals surface area contributed by atoms with Crippen LogP contribution in [0.1, 0.15) is 53.9 Å². The summed E-state index contributed by atoms with van der Waals surface area (Å²) in [4.78, 5) is 2.47. The van der Waals surface area contributed by atoms with Crippen LogP contribution in [0.25, 0.3) is 0 Å². The second-order valence-electron chi connectivity index (χ2n) is 5.60. The fourth-order valence-electron chi connectivity index (χ4n) is 1.90. The SMILES string of the molecule is CCCN(CCCC(C)(C)C(N)=NO)C(C)C. The number of nitrogens with two attached hydrogens (primary N) is 1. The van der Waals surface area contributed by atoms with E-state index in [1.54, 1.807) is 0 Å². The monoisotopic (exact) mass is 243 g/mol. The highest BCUT2D eigenvalue weighted by atomic mass is 16.4. The number of oxime groups is 1. The van der Waals surface area contributed by atoms with Crippen LogP contribution in [0.4, 0.5) is 0 Å². The summed E-state index contributed by atoms with van der Waals surface area (Å²) in [6.45, 7) is 12.9. The molecule has 0 radical (unpaired) electrons. The van der Waals surface area contributed by atoms with Crippen molar-refractivity contribution in [1.29, 1.82) is 0 Å². The Morgan fingerprint density at radius 1 is 1.35 bits per heavy atom. The lowest BCUT2D eigenvalue weighted by atomic mass is 9.86. The molecule has 0 amide bonds. The van der Waals surface area contributed by atoms with E-state index in [1.165, 1.54) is 6.42 Å². The van der Waals surface area contributed by atoms with Gasteiger partial charge in [0.15, 0.2) is 0 Å². The summed E-state index contributed by atoms with van der Waals surface area (Å²) in [5.74, 6) is 0.323. The predicted molar refractivity (Wildman–Crippen MR) is 73.4 cm³/mol. The average molecular weight is 243 g/mol. The maximum Gasteiger partial charge on any atom is 0.144 e. The predicted octanol–water partition coefficient (Wildman–Crippen LogP) is 2.66. The standard InChI is InChI=1S/C13H29N3O/c1-6-9-16(11(2)3)10-7-8-13(4,5)12(14)15-17/h11,17H,6-10H2,1-5H3,(H2,14,15). The van der Waals surface area contributed by atoms with E-state index in [0.29, 0.717) is 11.9 Å². The van der Waals surface area contributed by atoms with Crippen LogP contribution in [0.15, 0.2) is 5.16 Å². The van der Waals surface area contributed by atoms with Crippen LogP contribution in [0.3, 0.4) is 0 Å². The molecule has 0 aliphatic carbocycles. The summed E-state index contributed by atoms with van der Waals surface area (Å²) in [7, 11) is 0. The van der Waals surface area contributed by atoms with Gasteiger partial charge >= 0.3 is 0 Å². The first kappa shape index (κ1) is 16.2. The first-order chi connectivity index (χ1) is 7.85. The molecular weight excluding hydrogens is 214 g/mol. The number of hydrogen-bond donors (Lipinski definition) is 2. The van der Waals surface area contributed by atoms with Gasteiger partial charge in [-0.05, 0) is 46.2 Å². The van der Waals surface area contributed by atoms with Gasteiger partial charge in [0, 0.05) is 11.5 Å². The first-order valence-corrected chi connectivity index (χ1v) is 6.57. The van der Waals surface area contributed by atoms with E-state index in [0.717, 1.165) is 25.9 Å². The Morgan fingerprint density at radius 3 is 2.35 bits per heavy atom. The van der Waals surface area contributed by atoms with E-state index < -0.39 is 0 Å². The largest absolute Gasteiger partial charge is 0.409 e. The van der Waals surface area contributed by atoms with Crippen molar-refractivity contribution in [2.45, 2.75) is 59.9 Å². The summed E-state index contributed by atoms with van der Waals surface area (Å²) in [6, 6.07) is 0.585. The van der Waals surface area contributed by atoms with Gasteiger partial charge in [-0.3, -0.25) is 0 Å². The highest BCUT2D eigenvalue weighted by molar-refractivity contribution is 5.85. The minimum Gasteiger partial charge on any atom is -0.409 e. The Hall–Kier alpha value is -0.770. The lowest BCUT2D eigenvalue weighted by Crippen LogP contribution is -2.35. The molecule has 0 spiro atoms. The van der Waals surface area contributed by atoms with Crippen LogP contribution in [-0.4, -0.2) is 35.1 Å². The maximum absolute atomic E-state index is 8.70. The van der Waals surface area contributed by atoms with Crippen molar-refractivity contribution in [3.05, 3.63) is 0 Å². The Balaban J connectivity index is 4.12. The van der Waals surface area contributed by atoms with Gasteiger partial charge in [0.05, 0.1) is 0 Å². The number of amidine groups is 1. The Kier molecular flexibility index (Phi) is 7.19. The number of hydrogen-bond acceptors (Lipinski definition) is 3. The van der Waals surface area contributed by atoms with E-state index in [9.17, 15) is 0 Å². The second kappa shape index (κ2) is 7.54. The Bertz CT molecular complexity index is 237. The molecule has 0 aromatic carbocycles. The quantitative estimate of drug-likeness (QED) is 0.298. The van der Waals surface area contributed by atoms with E-state index >= 15 is 0 Å². The number of nitrogens with zero attached hydrogens (tertiary/aromatic N) is 2. The lowest BCUT2D eigenvalue weighted by Gasteiger charge is -2.28. The van der Waals surface area contributed by atoms with Gasteiger partial charge in [-0.15, -0.1) is 0 Å². The minimum absolute atomic E-state index is 0.219. The molecule has 4 nitrogen and oxygen atoms in total. The molecule has 0 aliphatic heterocycles. The molecule has 4 heteroatoms. The summed E-state index contributed by atoms with van der Waals surface area (Å²) in [6.07, 6.45) is 3.19. The van der Waals surface area contributed by atoms with Gasteiger partial charge in [-0.2, -0.15) is 0 Å². The molecule has 102 valence electrons. The molecule has 0 atom stereocenters. The van der Waals surface area contributed by atoms with Gasteiger partial charge in [0.2, 0.25) is 0 Å².